The third-order valence-corrected chi connectivity index (χ3v) is 2.43. The zero-order chi connectivity index (χ0) is 13.0. The molecule has 4 nitrogen and oxygen atoms in total. The summed E-state index contributed by atoms with van der Waals surface area (Å²) < 4.78 is 20.4. The van der Waals surface area contributed by atoms with Crippen molar-refractivity contribution < 1.29 is 9.13 Å². The van der Waals surface area contributed by atoms with Crippen LogP contribution in [0.4, 0.5) is 4.39 Å². The lowest BCUT2D eigenvalue weighted by Gasteiger charge is -2.04. The number of ether oxygens (including phenoxy) is 1. The van der Waals surface area contributed by atoms with Crippen molar-refractivity contribution in [1.29, 1.82) is 5.26 Å². The Morgan fingerprint density at radius 1 is 1.44 bits per heavy atom. The third-order valence-electron chi connectivity index (χ3n) is 2.43. The van der Waals surface area contributed by atoms with Crippen molar-refractivity contribution in [2.45, 2.75) is 20.1 Å². The molecule has 0 spiro atoms. The monoisotopic (exact) mass is 245 g/mol. The lowest BCUT2D eigenvalue weighted by atomic mass is 10.1. The van der Waals surface area contributed by atoms with Gasteiger partial charge in [-0.25, -0.2) is 4.39 Å². The fraction of sp³-hybridized carbons (Fsp3) is 0.231. The molecule has 18 heavy (non-hydrogen) atoms. The van der Waals surface area contributed by atoms with Crippen LogP contribution in [0.1, 0.15) is 18.1 Å². The molecule has 1 heterocycles. The average Bonchev–Trinajstić information content (AvgIpc) is 2.83. The molecule has 0 saturated heterocycles. The Bertz CT molecular complexity index is 586. The van der Waals surface area contributed by atoms with Crippen LogP contribution in [-0.2, 0) is 13.2 Å². The zero-order valence-electron chi connectivity index (χ0n) is 9.93. The van der Waals surface area contributed by atoms with Gasteiger partial charge in [-0.2, -0.15) is 10.4 Å². The van der Waals surface area contributed by atoms with Gasteiger partial charge in [0.15, 0.2) is 5.75 Å². The van der Waals surface area contributed by atoms with Gasteiger partial charge in [0.25, 0.3) is 0 Å². The molecular weight excluding hydrogens is 233 g/mol. The van der Waals surface area contributed by atoms with Gasteiger partial charge in [0.05, 0.1) is 24.0 Å². The number of halogens is 1. The van der Waals surface area contributed by atoms with Crippen LogP contribution in [0.3, 0.4) is 0 Å². The number of hydrogen-bond acceptors (Lipinski definition) is 3. The molecule has 0 aliphatic rings. The minimum Gasteiger partial charge on any atom is -0.486 e. The first-order valence-electron chi connectivity index (χ1n) is 5.56. The van der Waals surface area contributed by atoms with Gasteiger partial charge in [0.2, 0.25) is 0 Å². The number of nitrogens with zero attached hydrogens (tertiary/aromatic N) is 3. The Labute approximate surface area is 104 Å². The second kappa shape index (κ2) is 5.32. The Morgan fingerprint density at radius 2 is 2.28 bits per heavy atom. The van der Waals surface area contributed by atoms with Crippen molar-refractivity contribution in [1.82, 2.24) is 9.78 Å². The van der Waals surface area contributed by atoms with E-state index in [-0.39, 0.29) is 12.2 Å². The lowest BCUT2D eigenvalue weighted by molar-refractivity contribution is 0.305. The van der Waals surface area contributed by atoms with Crippen molar-refractivity contribution in [2.24, 2.45) is 0 Å². The molecule has 1 aromatic heterocycles. The highest BCUT2D eigenvalue weighted by Gasteiger charge is 2.03. The van der Waals surface area contributed by atoms with Gasteiger partial charge in [-0.3, -0.25) is 4.68 Å². The van der Waals surface area contributed by atoms with Crippen LogP contribution < -0.4 is 4.74 Å². The van der Waals surface area contributed by atoms with Gasteiger partial charge in [0.1, 0.15) is 12.4 Å². The van der Waals surface area contributed by atoms with Crippen molar-refractivity contribution in [2.75, 3.05) is 0 Å². The smallest absolute Gasteiger partial charge is 0.157 e. The first kappa shape index (κ1) is 12.1. The Kier molecular flexibility index (Phi) is 3.58. The molecule has 92 valence electrons. The molecule has 0 atom stereocenters. The van der Waals surface area contributed by atoms with Crippen LogP contribution in [0.25, 0.3) is 0 Å². The first-order chi connectivity index (χ1) is 8.71. The van der Waals surface area contributed by atoms with Crippen molar-refractivity contribution in [3.63, 3.8) is 0 Å². The van der Waals surface area contributed by atoms with E-state index in [0.717, 1.165) is 6.54 Å². The quantitative estimate of drug-likeness (QED) is 0.831. The summed E-state index contributed by atoms with van der Waals surface area (Å²) in [5.74, 6) is 0.191. The fourth-order valence-corrected chi connectivity index (χ4v) is 1.56. The number of nitriles is 1. The predicted octanol–water partition coefficient (Wildman–Crippen LogP) is 2.49. The van der Waals surface area contributed by atoms with E-state index in [1.165, 1.54) is 12.1 Å². The fourth-order valence-electron chi connectivity index (χ4n) is 1.56. The molecule has 0 unspecified atom stereocenters. The maximum atomic E-state index is 13.2. The summed E-state index contributed by atoms with van der Waals surface area (Å²) in [7, 11) is 0. The summed E-state index contributed by atoms with van der Waals surface area (Å²) in [5.41, 5.74) is 0.911. The Hall–Kier alpha value is -2.35. The molecule has 0 aliphatic carbocycles. The SMILES string of the molecule is CCn1cc(OCc2cc(F)cc(C#N)c2)cn1. The molecule has 1 aromatic carbocycles. The van der Waals surface area contributed by atoms with Crippen LogP contribution in [-0.4, -0.2) is 9.78 Å². The maximum Gasteiger partial charge on any atom is 0.157 e. The predicted molar refractivity (Wildman–Crippen MR) is 63.3 cm³/mol. The van der Waals surface area contributed by atoms with Gasteiger partial charge in [-0.05, 0) is 30.7 Å². The van der Waals surface area contributed by atoms with Crippen LogP contribution in [0.5, 0.6) is 5.75 Å². The zero-order valence-corrected chi connectivity index (χ0v) is 9.93. The van der Waals surface area contributed by atoms with Crippen LogP contribution in [0.2, 0.25) is 0 Å². The molecule has 2 aromatic rings. The van der Waals surface area contributed by atoms with Gasteiger partial charge in [0, 0.05) is 6.54 Å². The van der Waals surface area contributed by atoms with E-state index in [0.29, 0.717) is 11.3 Å². The summed E-state index contributed by atoms with van der Waals surface area (Å²) in [5, 5.41) is 12.8. The topological polar surface area (TPSA) is 50.8 Å². The van der Waals surface area contributed by atoms with E-state index in [2.05, 4.69) is 5.10 Å². The van der Waals surface area contributed by atoms with Gasteiger partial charge in [-0.15, -0.1) is 0 Å². The summed E-state index contributed by atoms with van der Waals surface area (Å²) >= 11 is 0. The highest BCUT2D eigenvalue weighted by Crippen LogP contribution is 2.13. The van der Waals surface area contributed by atoms with Gasteiger partial charge in [-0.1, -0.05) is 0 Å². The van der Waals surface area contributed by atoms with Crippen LogP contribution in [0, 0.1) is 17.1 Å². The Balaban J connectivity index is 2.06. The number of aryl methyl sites for hydroxylation is 1. The van der Waals surface area contributed by atoms with Crippen LogP contribution in [0.15, 0.2) is 30.6 Å². The minimum absolute atomic E-state index is 0.210. The molecule has 0 radical (unpaired) electrons. The number of rotatable bonds is 4. The van der Waals surface area contributed by atoms with Crippen molar-refractivity contribution >= 4 is 0 Å². The van der Waals surface area contributed by atoms with E-state index in [1.54, 1.807) is 23.1 Å². The van der Waals surface area contributed by atoms with Gasteiger partial charge >= 0.3 is 0 Å². The summed E-state index contributed by atoms with van der Waals surface area (Å²) in [6.45, 7) is 2.95. The molecule has 0 bridgehead atoms. The standard InChI is InChI=1S/C13H12FN3O/c1-2-17-8-13(7-16-17)18-9-11-3-10(6-15)4-12(14)5-11/h3-5,7-8H,2,9H2,1H3. The molecule has 5 heteroatoms. The molecule has 0 N–H and O–H groups in total. The van der Waals surface area contributed by atoms with Crippen LogP contribution >= 0.6 is 0 Å². The largest absolute Gasteiger partial charge is 0.486 e. The van der Waals surface area contributed by atoms with E-state index in [4.69, 9.17) is 10.00 Å². The molecule has 2 rings (SSSR count). The summed E-state index contributed by atoms with van der Waals surface area (Å²) in [6.07, 6.45) is 3.37. The summed E-state index contributed by atoms with van der Waals surface area (Å²) in [4.78, 5) is 0. The minimum atomic E-state index is -0.433. The second-order valence-corrected chi connectivity index (χ2v) is 3.78. The molecular formula is C13H12FN3O. The average molecular weight is 245 g/mol. The van der Waals surface area contributed by atoms with E-state index < -0.39 is 5.82 Å². The molecule has 0 aliphatic heterocycles. The van der Waals surface area contributed by atoms with E-state index >= 15 is 0 Å². The van der Waals surface area contributed by atoms with E-state index in [9.17, 15) is 4.39 Å². The first-order valence-corrected chi connectivity index (χ1v) is 5.56. The molecule has 0 saturated carbocycles. The van der Waals surface area contributed by atoms with Crippen molar-refractivity contribution in [3.8, 4) is 11.8 Å². The third kappa shape index (κ3) is 2.86. The maximum absolute atomic E-state index is 13.2. The highest BCUT2D eigenvalue weighted by atomic mass is 19.1. The van der Waals surface area contributed by atoms with Gasteiger partial charge < -0.3 is 4.74 Å². The number of benzene rings is 1. The van der Waals surface area contributed by atoms with Crippen molar-refractivity contribution in [3.05, 3.63) is 47.5 Å². The molecule has 0 amide bonds. The highest BCUT2D eigenvalue weighted by molar-refractivity contribution is 5.33. The van der Waals surface area contributed by atoms with E-state index in [1.807, 2.05) is 13.0 Å². The summed E-state index contributed by atoms with van der Waals surface area (Å²) in [6, 6.07) is 6.06. The second-order valence-electron chi connectivity index (χ2n) is 3.78. The number of hydrogen-bond donors (Lipinski definition) is 0. The normalized spacial score (nSPS) is 10.1. The number of aromatic nitrogens is 2. The lowest BCUT2D eigenvalue weighted by Crippen LogP contribution is -1.97. The Morgan fingerprint density at radius 3 is 2.94 bits per heavy atom. The molecule has 0 fully saturated rings.